The highest BCUT2D eigenvalue weighted by Crippen LogP contribution is 2.31. The Hall–Kier alpha value is -2.79. The van der Waals surface area contributed by atoms with Crippen molar-refractivity contribution in [1.82, 2.24) is 5.32 Å². The van der Waals surface area contributed by atoms with Gasteiger partial charge in [0.1, 0.15) is 12.0 Å². The number of carbonyl (C=O) groups is 1. The molecule has 126 valence electrons. The number of anilines is 2. The maximum absolute atomic E-state index is 10.6. The van der Waals surface area contributed by atoms with Crippen molar-refractivity contribution in [2.45, 2.75) is 13.0 Å². The number of nitrogen functional groups attached to an aromatic ring is 1. The largest absolute Gasteiger partial charge is 0.506 e. The van der Waals surface area contributed by atoms with Crippen LogP contribution in [-0.4, -0.2) is 25.0 Å². The first-order valence-electron chi connectivity index (χ1n) is 7.85. The van der Waals surface area contributed by atoms with E-state index in [1.54, 1.807) is 19.2 Å². The number of nitrogens with one attached hydrogen (secondary N) is 2. The summed E-state index contributed by atoms with van der Waals surface area (Å²) < 4.78 is 0. The van der Waals surface area contributed by atoms with Crippen molar-refractivity contribution in [3.63, 3.8) is 0 Å². The molecular weight excluding hydrogens is 302 g/mol. The lowest BCUT2D eigenvalue weighted by Crippen LogP contribution is -2.17. The fourth-order valence-corrected chi connectivity index (χ4v) is 2.55. The molecule has 0 aliphatic heterocycles. The molecule has 0 spiro atoms. The highest BCUT2D eigenvalue weighted by atomic mass is 16.3. The molecule has 0 aliphatic rings. The average Bonchev–Trinajstić information content (AvgIpc) is 2.59. The van der Waals surface area contributed by atoms with Gasteiger partial charge in [-0.1, -0.05) is 18.2 Å². The first-order chi connectivity index (χ1) is 11.7. The first-order valence-corrected chi connectivity index (χ1v) is 7.85. The van der Waals surface area contributed by atoms with Crippen molar-refractivity contribution >= 4 is 23.7 Å². The lowest BCUT2D eigenvalue weighted by atomic mass is 10.0. The topological polar surface area (TPSA) is 87.4 Å². The smallest absolute Gasteiger partial charge is 0.142 e. The molecule has 2 aromatic rings. The number of phenols is 1. The molecule has 0 unspecified atom stereocenters. The molecule has 0 atom stereocenters. The molecular formula is C19H23N3O2. The number of benzene rings is 2. The Morgan fingerprint density at radius 3 is 2.58 bits per heavy atom. The van der Waals surface area contributed by atoms with Gasteiger partial charge in [-0.25, -0.2) is 0 Å². The third-order valence-corrected chi connectivity index (χ3v) is 3.79. The monoisotopic (exact) mass is 325 g/mol. The van der Waals surface area contributed by atoms with E-state index in [0.717, 1.165) is 42.6 Å². The van der Waals surface area contributed by atoms with Crippen LogP contribution < -0.4 is 16.4 Å². The molecule has 0 amide bonds. The van der Waals surface area contributed by atoms with Crippen LogP contribution in [0.1, 0.15) is 16.7 Å². The standard InChI is InChI=1S/C19H23N3O2/c1-21-19-17(3-2-12-23)15(6-9-18(19)24)10-11-22-13-14-4-7-16(20)8-5-14/h2-9,12,21-22,24H,10-11,13,20H2,1H3/b3-2-. The lowest BCUT2D eigenvalue weighted by Gasteiger charge is -2.14. The van der Waals surface area contributed by atoms with Gasteiger partial charge in [0.25, 0.3) is 0 Å². The van der Waals surface area contributed by atoms with Crippen LogP contribution in [0.4, 0.5) is 11.4 Å². The molecule has 24 heavy (non-hydrogen) atoms. The molecule has 2 rings (SSSR count). The Balaban J connectivity index is 2.02. The predicted octanol–water partition coefficient (Wildman–Crippen LogP) is 2.56. The van der Waals surface area contributed by atoms with Crippen LogP contribution in [0.3, 0.4) is 0 Å². The van der Waals surface area contributed by atoms with Crippen LogP contribution >= 0.6 is 0 Å². The summed E-state index contributed by atoms with van der Waals surface area (Å²) in [5.41, 5.74) is 10.1. The van der Waals surface area contributed by atoms with E-state index in [4.69, 9.17) is 5.73 Å². The van der Waals surface area contributed by atoms with Gasteiger partial charge >= 0.3 is 0 Å². The van der Waals surface area contributed by atoms with Crippen molar-refractivity contribution in [1.29, 1.82) is 0 Å². The quantitative estimate of drug-likeness (QED) is 0.197. The number of aldehydes is 1. The zero-order valence-electron chi connectivity index (χ0n) is 13.8. The number of hydrogen-bond donors (Lipinski definition) is 4. The van der Waals surface area contributed by atoms with Crippen molar-refractivity contribution in [2.24, 2.45) is 0 Å². The molecule has 0 saturated carbocycles. The minimum absolute atomic E-state index is 0.168. The van der Waals surface area contributed by atoms with E-state index in [2.05, 4.69) is 10.6 Å². The van der Waals surface area contributed by atoms with E-state index in [9.17, 15) is 9.90 Å². The average molecular weight is 325 g/mol. The highest BCUT2D eigenvalue weighted by Gasteiger charge is 2.09. The van der Waals surface area contributed by atoms with Crippen molar-refractivity contribution in [3.8, 4) is 5.75 Å². The van der Waals surface area contributed by atoms with E-state index in [1.807, 2.05) is 30.3 Å². The molecule has 5 heteroatoms. The van der Waals surface area contributed by atoms with Crippen LogP contribution in [0.5, 0.6) is 5.75 Å². The Labute approximate surface area is 142 Å². The molecule has 0 radical (unpaired) electrons. The Kier molecular flexibility index (Phi) is 6.40. The maximum atomic E-state index is 10.6. The molecule has 0 saturated heterocycles. The van der Waals surface area contributed by atoms with Gasteiger partial charge in [0.05, 0.1) is 5.69 Å². The zero-order chi connectivity index (χ0) is 17.4. The SMILES string of the molecule is CNc1c(O)ccc(CCNCc2ccc(N)cc2)c1/C=C\C=O. The second-order valence-corrected chi connectivity index (χ2v) is 5.45. The van der Waals surface area contributed by atoms with Crippen LogP contribution in [0, 0.1) is 0 Å². The van der Waals surface area contributed by atoms with E-state index in [-0.39, 0.29) is 5.75 Å². The van der Waals surface area contributed by atoms with Crippen molar-refractivity contribution < 1.29 is 9.90 Å². The van der Waals surface area contributed by atoms with Crippen LogP contribution in [0.15, 0.2) is 42.5 Å². The van der Waals surface area contributed by atoms with Gasteiger partial charge in [-0.05, 0) is 54.4 Å². The van der Waals surface area contributed by atoms with Crippen LogP contribution in [0.2, 0.25) is 0 Å². The van der Waals surface area contributed by atoms with Crippen LogP contribution in [0.25, 0.3) is 6.08 Å². The number of rotatable bonds is 8. The normalized spacial score (nSPS) is 10.9. The number of carbonyl (C=O) groups excluding carboxylic acids is 1. The number of hydrogen-bond acceptors (Lipinski definition) is 5. The second kappa shape index (κ2) is 8.74. The molecule has 5 N–H and O–H groups in total. The van der Waals surface area contributed by atoms with Gasteiger partial charge in [0.15, 0.2) is 0 Å². The van der Waals surface area contributed by atoms with E-state index >= 15 is 0 Å². The Morgan fingerprint density at radius 1 is 1.17 bits per heavy atom. The summed E-state index contributed by atoms with van der Waals surface area (Å²) >= 11 is 0. The van der Waals surface area contributed by atoms with Crippen molar-refractivity contribution in [3.05, 3.63) is 59.2 Å². The molecule has 0 aliphatic carbocycles. The zero-order valence-corrected chi connectivity index (χ0v) is 13.8. The highest BCUT2D eigenvalue weighted by molar-refractivity contribution is 5.81. The summed E-state index contributed by atoms with van der Waals surface area (Å²) in [4.78, 5) is 10.6. The molecule has 0 fully saturated rings. The van der Waals surface area contributed by atoms with E-state index in [0.29, 0.717) is 5.69 Å². The summed E-state index contributed by atoms with van der Waals surface area (Å²) in [5, 5.41) is 16.3. The molecule has 5 nitrogen and oxygen atoms in total. The van der Waals surface area contributed by atoms with Gasteiger partial charge in [0, 0.05) is 24.8 Å². The second-order valence-electron chi connectivity index (χ2n) is 5.45. The molecule has 0 heterocycles. The maximum Gasteiger partial charge on any atom is 0.142 e. The van der Waals surface area contributed by atoms with Gasteiger partial charge in [0.2, 0.25) is 0 Å². The van der Waals surface area contributed by atoms with Gasteiger partial charge in [-0.15, -0.1) is 0 Å². The fourth-order valence-electron chi connectivity index (χ4n) is 2.55. The number of nitrogens with two attached hydrogens (primary N) is 1. The number of phenolic OH excluding ortho intramolecular Hbond substituents is 1. The Morgan fingerprint density at radius 2 is 1.92 bits per heavy atom. The third kappa shape index (κ3) is 4.60. The van der Waals surface area contributed by atoms with Gasteiger partial charge in [-0.3, -0.25) is 4.79 Å². The predicted molar refractivity (Wildman–Crippen MR) is 99.0 cm³/mol. The number of aromatic hydroxyl groups is 1. The van der Waals surface area contributed by atoms with Crippen molar-refractivity contribution in [2.75, 3.05) is 24.6 Å². The summed E-state index contributed by atoms with van der Waals surface area (Å²) in [6.07, 6.45) is 4.66. The van der Waals surface area contributed by atoms with Crippen LogP contribution in [-0.2, 0) is 17.8 Å². The third-order valence-electron chi connectivity index (χ3n) is 3.79. The molecule has 0 bridgehead atoms. The minimum Gasteiger partial charge on any atom is -0.506 e. The van der Waals surface area contributed by atoms with E-state index < -0.39 is 0 Å². The summed E-state index contributed by atoms with van der Waals surface area (Å²) in [6.45, 7) is 1.54. The Bertz CT molecular complexity index is 709. The number of allylic oxidation sites excluding steroid dienone is 1. The lowest BCUT2D eigenvalue weighted by molar-refractivity contribution is -0.104. The van der Waals surface area contributed by atoms with E-state index in [1.165, 1.54) is 11.6 Å². The van der Waals surface area contributed by atoms with Gasteiger partial charge in [-0.2, -0.15) is 0 Å². The molecule has 2 aromatic carbocycles. The first kappa shape index (κ1) is 17.6. The fraction of sp³-hybridized carbons (Fsp3) is 0.211. The summed E-state index contributed by atoms with van der Waals surface area (Å²) in [6, 6.07) is 11.3. The molecule has 0 aromatic heterocycles. The van der Waals surface area contributed by atoms with Gasteiger partial charge < -0.3 is 21.5 Å². The summed E-state index contributed by atoms with van der Waals surface area (Å²) in [7, 11) is 1.75. The summed E-state index contributed by atoms with van der Waals surface area (Å²) in [5.74, 6) is 0.168. The minimum atomic E-state index is 0.168.